The first-order chi connectivity index (χ1) is 9.61. The monoisotopic (exact) mass is 271 g/mol. The quantitative estimate of drug-likeness (QED) is 0.842. The zero-order valence-electron chi connectivity index (χ0n) is 12.4. The number of halogens is 1. The lowest BCUT2D eigenvalue weighted by Crippen LogP contribution is -2.24. The van der Waals surface area contributed by atoms with Crippen LogP contribution in [0.5, 0.6) is 0 Å². The van der Waals surface area contributed by atoms with Crippen LogP contribution in [0.3, 0.4) is 0 Å². The van der Waals surface area contributed by atoms with Crippen LogP contribution in [0, 0.1) is 19.7 Å². The number of benzene rings is 2. The van der Waals surface area contributed by atoms with E-state index >= 15 is 0 Å². The molecule has 2 aromatic rings. The van der Waals surface area contributed by atoms with E-state index in [9.17, 15) is 4.39 Å². The minimum atomic E-state index is -0.140. The third kappa shape index (κ3) is 3.45. The van der Waals surface area contributed by atoms with Gasteiger partial charge in [0.2, 0.25) is 0 Å². The third-order valence-corrected chi connectivity index (χ3v) is 3.48. The highest BCUT2D eigenvalue weighted by atomic mass is 19.1. The molecule has 0 spiro atoms. The van der Waals surface area contributed by atoms with Gasteiger partial charge in [-0.25, -0.2) is 4.39 Å². The number of nitrogens with one attached hydrogen (secondary N) is 1. The molecule has 0 saturated carbocycles. The normalized spacial score (nSPS) is 12.4. The summed E-state index contributed by atoms with van der Waals surface area (Å²) in [7, 11) is 0. The molecule has 20 heavy (non-hydrogen) atoms. The Labute approximate surface area is 120 Å². The summed E-state index contributed by atoms with van der Waals surface area (Å²) < 4.78 is 14.3. The third-order valence-electron chi connectivity index (χ3n) is 3.48. The second kappa shape index (κ2) is 6.67. The summed E-state index contributed by atoms with van der Waals surface area (Å²) in [6.45, 7) is 6.95. The molecule has 0 amide bonds. The van der Waals surface area contributed by atoms with Gasteiger partial charge in [-0.1, -0.05) is 48.9 Å². The van der Waals surface area contributed by atoms with Crippen LogP contribution >= 0.6 is 0 Å². The van der Waals surface area contributed by atoms with Crippen LogP contribution in [0.4, 0.5) is 4.39 Å². The molecule has 0 aliphatic rings. The molecule has 1 unspecified atom stereocenters. The molecule has 0 aliphatic carbocycles. The summed E-state index contributed by atoms with van der Waals surface area (Å²) in [6, 6.07) is 13.7. The Kier molecular flexibility index (Phi) is 4.91. The van der Waals surface area contributed by atoms with Crippen LogP contribution in [0.25, 0.3) is 0 Å². The van der Waals surface area contributed by atoms with Gasteiger partial charge >= 0.3 is 0 Å². The van der Waals surface area contributed by atoms with Crippen molar-refractivity contribution in [3.05, 3.63) is 70.5 Å². The van der Waals surface area contributed by atoms with E-state index in [1.807, 2.05) is 19.1 Å². The first kappa shape index (κ1) is 14.7. The van der Waals surface area contributed by atoms with Crippen molar-refractivity contribution in [3.63, 3.8) is 0 Å². The molecule has 1 nitrogen and oxygen atoms in total. The average molecular weight is 271 g/mol. The highest BCUT2D eigenvalue weighted by Gasteiger charge is 2.17. The number of hydrogen-bond acceptors (Lipinski definition) is 1. The van der Waals surface area contributed by atoms with Gasteiger partial charge in [-0.3, -0.25) is 0 Å². The number of hydrogen-bond donors (Lipinski definition) is 1. The minimum Gasteiger partial charge on any atom is -0.306 e. The second-order valence-electron chi connectivity index (χ2n) is 5.32. The van der Waals surface area contributed by atoms with E-state index in [2.05, 4.69) is 43.4 Å². The van der Waals surface area contributed by atoms with Gasteiger partial charge in [0, 0.05) is 5.56 Å². The Morgan fingerprint density at radius 3 is 2.25 bits per heavy atom. The van der Waals surface area contributed by atoms with Crippen molar-refractivity contribution < 1.29 is 4.39 Å². The van der Waals surface area contributed by atoms with Crippen molar-refractivity contribution in [1.29, 1.82) is 0 Å². The molecule has 0 radical (unpaired) electrons. The van der Waals surface area contributed by atoms with Crippen molar-refractivity contribution in [3.8, 4) is 0 Å². The fraction of sp³-hybridized carbons (Fsp3) is 0.333. The lowest BCUT2D eigenvalue weighted by atomic mass is 9.96. The van der Waals surface area contributed by atoms with Gasteiger partial charge in [-0.05, 0) is 44.0 Å². The van der Waals surface area contributed by atoms with Gasteiger partial charge in [0.15, 0.2) is 0 Å². The molecule has 2 rings (SSSR count). The van der Waals surface area contributed by atoms with E-state index in [0.717, 1.165) is 24.1 Å². The molecule has 106 valence electrons. The summed E-state index contributed by atoms with van der Waals surface area (Å²) in [5, 5.41) is 3.44. The fourth-order valence-corrected chi connectivity index (χ4v) is 2.32. The highest BCUT2D eigenvalue weighted by Crippen LogP contribution is 2.25. The molecule has 2 aromatic carbocycles. The number of aryl methyl sites for hydroxylation is 2. The molecule has 1 N–H and O–H groups in total. The molecule has 0 saturated heterocycles. The lowest BCUT2D eigenvalue weighted by molar-refractivity contribution is 0.546. The van der Waals surface area contributed by atoms with Crippen molar-refractivity contribution >= 4 is 0 Å². The summed E-state index contributed by atoms with van der Waals surface area (Å²) in [5.74, 6) is -0.140. The Balaban J connectivity index is 2.38. The minimum absolute atomic E-state index is 0.0869. The standard InChI is InChI=1S/C18H22FN/c1-4-11-20-18(15-8-5-13(2)6-9-15)16-10-7-14(3)12-17(16)19/h5-10,12,18,20H,4,11H2,1-3H3. The van der Waals surface area contributed by atoms with Gasteiger partial charge in [0.1, 0.15) is 5.82 Å². The van der Waals surface area contributed by atoms with E-state index in [1.165, 1.54) is 5.56 Å². The smallest absolute Gasteiger partial charge is 0.128 e. The van der Waals surface area contributed by atoms with Crippen LogP contribution in [0.15, 0.2) is 42.5 Å². The first-order valence-electron chi connectivity index (χ1n) is 7.18. The zero-order chi connectivity index (χ0) is 14.5. The predicted molar refractivity (Wildman–Crippen MR) is 82.5 cm³/mol. The maximum atomic E-state index is 14.3. The largest absolute Gasteiger partial charge is 0.306 e. The maximum absolute atomic E-state index is 14.3. The van der Waals surface area contributed by atoms with Gasteiger partial charge in [0.05, 0.1) is 6.04 Å². The summed E-state index contributed by atoms with van der Waals surface area (Å²) in [5.41, 5.74) is 3.98. The zero-order valence-corrected chi connectivity index (χ0v) is 12.4. The van der Waals surface area contributed by atoms with E-state index in [4.69, 9.17) is 0 Å². The highest BCUT2D eigenvalue weighted by molar-refractivity contribution is 5.35. The average Bonchev–Trinajstić information content (AvgIpc) is 2.42. The van der Waals surface area contributed by atoms with Crippen LogP contribution in [0.2, 0.25) is 0 Å². The molecule has 0 heterocycles. The van der Waals surface area contributed by atoms with Crippen molar-refractivity contribution in [2.45, 2.75) is 33.2 Å². The summed E-state index contributed by atoms with van der Waals surface area (Å²) in [4.78, 5) is 0. The summed E-state index contributed by atoms with van der Waals surface area (Å²) >= 11 is 0. The molecule has 0 fully saturated rings. The van der Waals surface area contributed by atoms with E-state index in [1.54, 1.807) is 6.07 Å². The molecule has 2 heteroatoms. The lowest BCUT2D eigenvalue weighted by Gasteiger charge is -2.20. The Bertz CT molecular complexity index is 560. The topological polar surface area (TPSA) is 12.0 Å². The number of rotatable bonds is 5. The van der Waals surface area contributed by atoms with E-state index < -0.39 is 0 Å². The van der Waals surface area contributed by atoms with Crippen LogP contribution in [-0.4, -0.2) is 6.54 Å². The first-order valence-corrected chi connectivity index (χ1v) is 7.18. The van der Waals surface area contributed by atoms with Crippen molar-refractivity contribution in [1.82, 2.24) is 5.32 Å². The van der Waals surface area contributed by atoms with Gasteiger partial charge in [-0.15, -0.1) is 0 Å². The van der Waals surface area contributed by atoms with Gasteiger partial charge in [0.25, 0.3) is 0 Å². The van der Waals surface area contributed by atoms with Crippen LogP contribution < -0.4 is 5.32 Å². The fourth-order valence-electron chi connectivity index (χ4n) is 2.32. The molecule has 0 aliphatic heterocycles. The molecular formula is C18H22FN. The Hall–Kier alpha value is -1.67. The molecule has 0 aromatic heterocycles. The Morgan fingerprint density at radius 1 is 1.00 bits per heavy atom. The second-order valence-corrected chi connectivity index (χ2v) is 5.32. The SMILES string of the molecule is CCCNC(c1ccc(C)cc1)c1ccc(C)cc1F. The maximum Gasteiger partial charge on any atom is 0.128 e. The summed E-state index contributed by atoms with van der Waals surface area (Å²) in [6.07, 6.45) is 1.02. The molecule has 0 bridgehead atoms. The Morgan fingerprint density at radius 2 is 1.65 bits per heavy atom. The molecular weight excluding hydrogens is 249 g/mol. The van der Waals surface area contributed by atoms with Gasteiger partial charge in [-0.2, -0.15) is 0 Å². The predicted octanol–water partition coefficient (Wildman–Crippen LogP) is 4.53. The van der Waals surface area contributed by atoms with Crippen LogP contribution in [0.1, 0.15) is 41.6 Å². The van der Waals surface area contributed by atoms with E-state index in [0.29, 0.717) is 5.56 Å². The van der Waals surface area contributed by atoms with Crippen molar-refractivity contribution in [2.75, 3.05) is 6.54 Å². The van der Waals surface area contributed by atoms with Crippen LogP contribution in [-0.2, 0) is 0 Å². The molecule has 1 atom stereocenters. The van der Waals surface area contributed by atoms with Gasteiger partial charge < -0.3 is 5.32 Å². The van der Waals surface area contributed by atoms with Crippen molar-refractivity contribution in [2.24, 2.45) is 0 Å². The van der Waals surface area contributed by atoms with E-state index in [-0.39, 0.29) is 11.9 Å².